The SMILES string of the molecule is Cc1ccc(-c2cnc(CCC(=O)NC3CCN(CC4CCCCC4)CC3)o2)cc1. The van der Waals surface area contributed by atoms with E-state index in [9.17, 15) is 4.79 Å². The largest absolute Gasteiger partial charge is 0.441 e. The first kappa shape index (κ1) is 21.1. The normalized spacial score (nSPS) is 19.1. The van der Waals surface area contributed by atoms with Gasteiger partial charge >= 0.3 is 0 Å². The molecule has 2 aromatic rings. The fraction of sp³-hybridized carbons (Fsp3) is 0.600. The van der Waals surface area contributed by atoms with E-state index in [0.29, 0.717) is 24.8 Å². The quantitative estimate of drug-likeness (QED) is 0.717. The Hall–Kier alpha value is -2.14. The van der Waals surface area contributed by atoms with Gasteiger partial charge in [0.05, 0.1) is 6.20 Å². The van der Waals surface area contributed by atoms with Crippen LogP contribution < -0.4 is 5.32 Å². The van der Waals surface area contributed by atoms with Crippen LogP contribution in [0, 0.1) is 12.8 Å². The van der Waals surface area contributed by atoms with Gasteiger partial charge in [-0.05, 0) is 38.5 Å². The molecule has 2 aliphatic rings. The molecule has 0 bridgehead atoms. The second-order valence-corrected chi connectivity index (χ2v) is 9.13. The summed E-state index contributed by atoms with van der Waals surface area (Å²) in [6.07, 6.45) is 11.9. The van der Waals surface area contributed by atoms with Gasteiger partial charge in [-0.25, -0.2) is 4.98 Å². The summed E-state index contributed by atoms with van der Waals surface area (Å²) in [5.74, 6) is 2.39. The molecule has 0 spiro atoms. The van der Waals surface area contributed by atoms with E-state index < -0.39 is 0 Å². The lowest BCUT2D eigenvalue weighted by molar-refractivity contribution is -0.122. The van der Waals surface area contributed by atoms with Gasteiger partial charge in [0, 0.05) is 44.1 Å². The first-order chi connectivity index (χ1) is 14.7. The molecule has 1 aliphatic heterocycles. The van der Waals surface area contributed by atoms with Crippen LogP contribution in [0.5, 0.6) is 0 Å². The van der Waals surface area contributed by atoms with E-state index in [-0.39, 0.29) is 5.91 Å². The predicted molar refractivity (Wildman–Crippen MR) is 119 cm³/mol. The molecular formula is C25H35N3O2. The van der Waals surface area contributed by atoms with E-state index in [0.717, 1.165) is 43.2 Å². The summed E-state index contributed by atoms with van der Waals surface area (Å²) < 4.78 is 5.84. The minimum Gasteiger partial charge on any atom is -0.441 e. The number of likely N-dealkylation sites (tertiary alicyclic amines) is 1. The number of aromatic nitrogens is 1. The molecule has 1 saturated carbocycles. The molecule has 30 heavy (non-hydrogen) atoms. The second kappa shape index (κ2) is 10.3. The zero-order valence-corrected chi connectivity index (χ0v) is 18.2. The minimum absolute atomic E-state index is 0.107. The average Bonchev–Trinajstić information content (AvgIpc) is 3.24. The maximum Gasteiger partial charge on any atom is 0.220 e. The maximum atomic E-state index is 12.4. The van der Waals surface area contributed by atoms with E-state index in [1.165, 1.54) is 44.2 Å². The van der Waals surface area contributed by atoms with Crippen molar-refractivity contribution in [3.05, 3.63) is 41.9 Å². The summed E-state index contributed by atoms with van der Waals surface area (Å²) in [6.45, 7) is 5.55. The zero-order valence-electron chi connectivity index (χ0n) is 18.2. The van der Waals surface area contributed by atoms with Gasteiger partial charge < -0.3 is 14.6 Å². The van der Waals surface area contributed by atoms with Gasteiger partial charge in [0.25, 0.3) is 0 Å². The first-order valence-electron chi connectivity index (χ1n) is 11.7. The third kappa shape index (κ3) is 5.94. The van der Waals surface area contributed by atoms with Crippen molar-refractivity contribution in [1.29, 1.82) is 0 Å². The molecule has 5 heteroatoms. The van der Waals surface area contributed by atoms with Crippen molar-refractivity contribution in [2.45, 2.75) is 70.8 Å². The number of hydrogen-bond donors (Lipinski definition) is 1. The smallest absolute Gasteiger partial charge is 0.220 e. The minimum atomic E-state index is 0.107. The van der Waals surface area contributed by atoms with Crippen molar-refractivity contribution in [2.24, 2.45) is 5.92 Å². The van der Waals surface area contributed by atoms with Crippen LogP contribution in [-0.4, -0.2) is 41.5 Å². The topological polar surface area (TPSA) is 58.4 Å². The van der Waals surface area contributed by atoms with Crippen molar-refractivity contribution in [2.75, 3.05) is 19.6 Å². The Labute approximate surface area is 180 Å². The highest BCUT2D eigenvalue weighted by atomic mass is 16.4. The van der Waals surface area contributed by atoms with E-state index in [2.05, 4.69) is 34.3 Å². The summed E-state index contributed by atoms with van der Waals surface area (Å²) in [5.41, 5.74) is 2.23. The number of carbonyl (C=O) groups excluding carboxylic acids is 1. The third-order valence-electron chi connectivity index (χ3n) is 6.65. The van der Waals surface area contributed by atoms with Crippen molar-refractivity contribution < 1.29 is 9.21 Å². The summed E-state index contributed by atoms with van der Waals surface area (Å²) in [4.78, 5) is 19.4. The van der Waals surface area contributed by atoms with Gasteiger partial charge in [0.15, 0.2) is 11.7 Å². The van der Waals surface area contributed by atoms with Crippen LogP contribution in [0.15, 0.2) is 34.9 Å². The van der Waals surface area contributed by atoms with Crippen molar-refractivity contribution in [1.82, 2.24) is 15.2 Å². The lowest BCUT2D eigenvalue weighted by Gasteiger charge is -2.35. The number of benzene rings is 1. The van der Waals surface area contributed by atoms with Gasteiger partial charge in [0.1, 0.15) is 0 Å². The fourth-order valence-electron chi connectivity index (χ4n) is 4.79. The van der Waals surface area contributed by atoms with Crippen molar-refractivity contribution in [3.8, 4) is 11.3 Å². The molecule has 1 aromatic heterocycles. The zero-order chi connectivity index (χ0) is 20.8. The molecule has 1 N–H and O–H groups in total. The number of piperidine rings is 1. The Balaban J connectivity index is 1.16. The highest BCUT2D eigenvalue weighted by molar-refractivity contribution is 5.76. The number of oxazole rings is 1. The number of nitrogens with one attached hydrogen (secondary N) is 1. The monoisotopic (exact) mass is 409 g/mol. The molecular weight excluding hydrogens is 374 g/mol. The average molecular weight is 410 g/mol. The molecule has 5 nitrogen and oxygen atoms in total. The molecule has 0 atom stereocenters. The Morgan fingerprint density at radius 1 is 1.10 bits per heavy atom. The van der Waals surface area contributed by atoms with Crippen LogP contribution in [0.4, 0.5) is 0 Å². The van der Waals surface area contributed by atoms with E-state index in [1.807, 2.05) is 12.1 Å². The van der Waals surface area contributed by atoms with E-state index in [1.54, 1.807) is 6.20 Å². The highest BCUT2D eigenvalue weighted by Gasteiger charge is 2.23. The van der Waals surface area contributed by atoms with Gasteiger partial charge in [0.2, 0.25) is 5.91 Å². The molecule has 1 saturated heterocycles. The molecule has 0 unspecified atom stereocenters. The Kier molecular flexibility index (Phi) is 7.21. The fourth-order valence-corrected chi connectivity index (χ4v) is 4.79. The summed E-state index contributed by atoms with van der Waals surface area (Å²) in [7, 11) is 0. The molecule has 4 rings (SSSR count). The molecule has 1 aromatic carbocycles. The lowest BCUT2D eigenvalue weighted by atomic mass is 9.88. The number of nitrogens with zero attached hydrogens (tertiary/aromatic N) is 2. The molecule has 2 fully saturated rings. The maximum absolute atomic E-state index is 12.4. The van der Waals surface area contributed by atoms with Crippen LogP contribution in [0.2, 0.25) is 0 Å². The van der Waals surface area contributed by atoms with Gasteiger partial charge in [-0.2, -0.15) is 0 Å². The van der Waals surface area contributed by atoms with Crippen molar-refractivity contribution >= 4 is 5.91 Å². The number of hydrogen-bond acceptors (Lipinski definition) is 4. The van der Waals surface area contributed by atoms with Crippen LogP contribution in [0.1, 0.15) is 62.8 Å². The van der Waals surface area contributed by atoms with Gasteiger partial charge in [-0.15, -0.1) is 0 Å². The number of carbonyl (C=O) groups is 1. The third-order valence-corrected chi connectivity index (χ3v) is 6.65. The van der Waals surface area contributed by atoms with Gasteiger partial charge in [-0.3, -0.25) is 4.79 Å². The summed E-state index contributed by atoms with van der Waals surface area (Å²) in [6, 6.07) is 8.50. The molecule has 2 heterocycles. The Bertz CT molecular complexity index is 800. The number of aryl methyl sites for hydroxylation is 2. The number of amides is 1. The molecule has 162 valence electrons. The van der Waals surface area contributed by atoms with Crippen LogP contribution in [0.25, 0.3) is 11.3 Å². The standard InChI is InChI=1S/C25H35N3O2/c1-19-7-9-21(10-8-19)23-17-26-25(30-23)12-11-24(29)27-22-13-15-28(16-14-22)18-20-5-3-2-4-6-20/h7-10,17,20,22H,2-6,11-16,18H2,1H3,(H,27,29). The van der Waals surface area contributed by atoms with E-state index in [4.69, 9.17) is 4.42 Å². The second-order valence-electron chi connectivity index (χ2n) is 9.13. The lowest BCUT2D eigenvalue weighted by Crippen LogP contribution is -2.46. The van der Waals surface area contributed by atoms with Gasteiger partial charge in [-0.1, -0.05) is 49.1 Å². The van der Waals surface area contributed by atoms with E-state index >= 15 is 0 Å². The highest BCUT2D eigenvalue weighted by Crippen LogP contribution is 2.25. The molecule has 1 amide bonds. The Morgan fingerprint density at radius 2 is 1.83 bits per heavy atom. The van der Waals surface area contributed by atoms with Crippen LogP contribution in [-0.2, 0) is 11.2 Å². The van der Waals surface area contributed by atoms with Crippen LogP contribution in [0.3, 0.4) is 0 Å². The van der Waals surface area contributed by atoms with Crippen molar-refractivity contribution in [3.63, 3.8) is 0 Å². The van der Waals surface area contributed by atoms with Crippen LogP contribution >= 0.6 is 0 Å². The summed E-state index contributed by atoms with van der Waals surface area (Å²) >= 11 is 0. The number of rotatable bonds is 7. The molecule has 0 radical (unpaired) electrons. The Morgan fingerprint density at radius 3 is 2.57 bits per heavy atom. The molecule has 1 aliphatic carbocycles. The summed E-state index contributed by atoms with van der Waals surface area (Å²) in [5, 5.41) is 3.22. The predicted octanol–water partition coefficient (Wildman–Crippen LogP) is 4.74. The first-order valence-corrected chi connectivity index (χ1v) is 11.7.